The van der Waals surface area contributed by atoms with Gasteiger partial charge in [0.2, 0.25) is 0 Å². The Morgan fingerprint density at radius 2 is 0.481 bits per heavy atom. The van der Waals surface area contributed by atoms with Crippen LogP contribution in [0.4, 0.5) is 0 Å². The fourth-order valence-electron chi connectivity index (χ4n) is 9.85. The van der Waals surface area contributed by atoms with Crippen molar-refractivity contribution in [2.24, 2.45) is 0 Å². The number of carbonyl (C=O) groups excluding carboxylic acids is 3. The van der Waals surface area contributed by atoms with Gasteiger partial charge in [-0.25, -0.2) is 0 Å². The maximum Gasteiger partial charge on any atom is 0.306 e. The lowest BCUT2D eigenvalue weighted by atomic mass is 10.0. The fourth-order valence-corrected chi connectivity index (χ4v) is 9.85. The third-order valence-electron chi connectivity index (χ3n) is 15.0. The van der Waals surface area contributed by atoms with Crippen LogP contribution in [0.2, 0.25) is 0 Å². The molecule has 81 heavy (non-hydrogen) atoms. The van der Waals surface area contributed by atoms with E-state index >= 15 is 0 Å². The van der Waals surface area contributed by atoms with Gasteiger partial charge >= 0.3 is 17.9 Å². The largest absolute Gasteiger partial charge is 0.462 e. The van der Waals surface area contributed by atoms with E-state index in [4.69, 9.17) is 14.2 Å². The van der Waals surface area contributed by atoms with Crippen LogP contribution in [0.15, 0.2) is 97.2 Å². The first kappa shape index (κ1) is 77.3. The number of esters is 3. The van der Waals surface area contributed by atoms with Crippen LogP contribution < -0.4 is 0 Å². The summed E-state index contributed by atoms with van der Waals surface area (Å²) in [5, 5.41) is 0. The molecule has 0 rings (SSSR count). The number of rotatable bonds is 63. The quantitative estimate of drug-likeness (QED) is 0.0261. The van der Waals surface area contributed by atoms with E-state index in [-0.39, 0.29) is 31.1 Å². The molecule has 0 aliphatic carbocycles. The van der Waals surface area contributed by atoms with Crippen molar-refractivity contribution < 1.29 is 28.6 Å². The first-order valence-corrected chi connectivity index (χ1v) is 34.7. The second-order valence-electron chi connectivity index (χ2n) is 23.1. The van der Waals surface area contributed by atoms with Gasteiger partial charge in [0.1, 0.15) is 13.2 Å². The van der Waals surface area contributed by atoms with Crippen LogP contribution in [0.25, 0.3) is 0 Å². The van der Waals surface area contributed by atoms with Gasteiger partial charge in [-0.15, -0.1) is 0 Å². The molecule has 0 N–H and O–H groups in total. The Labute approximate surface area is 502 Å². The van der Waals surface area contributed by atoms with E-state index in [0.29, 0.717) is 19.3 Å². The summed E-state index contributed by atoms with van der Waals surface area (Å²) in [6.07, 6.45) is 92.8. The van der Waals surface area contributed by atoms with Gasteiger partial charge in [0.05, 0.1) is 0 Å². The standard InChI is InChI=1S/C75H130O6/c1-4-7-10-13-16-19-22-25-28-31-33-34-35-36-37-38-39-40-42-44-47-50-53-56-59-62-65-68-74(77)80-71-72(70-79-73(76)67-64-61-58-55-52-49-46-43-30-27-24-21-18-15-12-9-6-3)81-75(78)69-66-63-60-57-54-51-48-45-41-32-29-26-23-20-17-14-11-8-5-2/h8,11,17,20,22,25-27,29-31,33,35-36,41,45,72H,4-7,9-10,12-16,18-19,21,23-24,28,32,34,37-40,42-44,46-71H2,1-3H3/b11-8-,20-17-,25-22-,29-26-,30-27-,33-31-,36-35-,45-41-. The molecule has 0 aliphatic rings. The van der Waals surface area contributed by atoms with Crippen molar-refractivity contribution in [2.75, 3.05) is 13.2 Å². The van der Waals surface area contributed by atoms with Crippen LogP contribution >= 0.6 is 0 Å². The molecule has 0 radical (unpaired) electrons. The zero-order valence-corrected chi connectivity index (χ0v) is 53.5. The highest BCUT2D eigenvalue weighted by atomic mass is 16.6. The molecule has 0 aromatic carbocycles. The predicted molar refractivity (Wildman–Crippen MR) is 353 cm³/mol. The van der Waals surface area contributed by atoms with Crippen molar-refractivity contribution in [2.45, 2.75) is 348 Å². The molecule has 0 bridgehead atoms. The van der Waals surface area contributed by atoms with Crippen LogP contribution in [0.3, 0.4) is 0 Å². The lowest BCUT2D eigenvalue weighted by Gasteiger charge is -2.18. The third kappa shape index (κ3) is 67.0. The number of hydrogen-bond donors (Lipinski definition) is 0. The maximum absolute atomic E-state index is 12.9. The topological polar surface area (TPSA) is 78.9 Å². The highest BCUT2D eigenvalue weighted by molar-refractivity contribution is 5.71. The third-order valence-corrected chi connectivity index (χ3v) is 15.0. The minimum absolute atomic E-state index is 0.0846. The van der Waals surface area contributed by atoms with Gasteiger partial charge in [0, 0.05) is 19.3 Å². The molecule has 6 nitrogen and oxygen atoms in total. The summed E-state index contributed by atoms with van der Waals surface area (Å²) in [5.41, 5.74) is 0. The minimum Gasteiger partial charge on any atom is -0.462 e. The maximum atomic E-state index is 12.9. The van der Waals surface area contributed by atoms with Crippen LogP contribution in [0.1, 0.15) is 342 Å². The van der Waals surface area contributed by atoms with Gasteiger partial charge < -0.3 is 14.2 Å². The summed E-state index contributed by atoms with van der Waals surface area (Å²) in [7, 11) is 0. The molecule has 1 atom stereocenters. The van der Waals surface area contributed by atoms with Gasteiger partial charge in [-0.05, 0) is 122 Å². The van der Waals surface area contributed by atoms with Crippen LogP contribution in [-0.2, 0) is 28.6 Å². The highest BCUT2D eigenvalue weighted by Crippen LogP contribution is 2.17. The molecule has 0 saturated carbocycles. The number of carbonyl (C=O) groups is 3. The molecule has 0 aromatic heterocycles. The Balaban J connectivity index is 4.35. The van der Waals surface area contributed by atoms with Gasteiger partial charge in [-0.3, -0.25) is 14.4 Å². The van der Waals surface area contributed by atoms with E-state index < -0.39 is 6.10 Å². The molecular weight excluding hydrogens is 997 g/mol. The van der Waals surface area contributed by atoms with Gasteiger partial charge in [0.15, 0.2) is 6.10 Å². The van der Waals surface area contributed by atoms with E-state index in [1.807, 2.05) is 0 Å². The summed E-state index contributed by atoms with van der Waals surface area (Å²) in [6, 6.07) is 0. The average Bonchev–Trinajstić information content (AvgIpc) is 3.47. The summed E-state index contributed by atoms with van der Waals surface area (Å²) in [5.74, 6) is -0.890. The highest BCUT2D eigenvalue weighted by Gasteiger charge is 2.19. The molecule has 0 spiro atoms. The molecular formula is C75H130O6. The van der Waals surface area contributed by atoms with E-state index in [1.54, 1.807) is 0 Å². The summed E-state index contributed by atoms with van der Waals surface area (Å²) < 4.78 is 17.0. The second kappa shape index (κ2) is 68.8. The van der Waals surface area contributed by atoms with Crippen molar-refractivity contribution in [1.29, 1.82) is 0 Å². The second-order valence-corrected chi connectivity index (χ2v) is 23.1. The van der Waals surface area contributed by atoms with Crippen LogP contribution in [0, 0.1) is 0 Å². The molecule has 6 heteroatoms. The number of hydrogen-bond acceptors (Lipinski definition) is 6. The van der Waals surface area contributed by atoms with E-state index in [1.165, 1.54) is 193 Å². The van der Waals surface area contributed by atoms with Gasteiger partial charge in [-0.1, -0.05) is 298 Å². The van der Waals surface area contributed by atoms with E-state index in [9.17, 15) is 14.4 Å². The smallest absolute Gasteiger partial charge is 0.306 e. The lowest BCUT2D eigenvalue weighted by molar-refractivity contribution is -0.167. The van der Waals surface area contributed by atoms with Crippen molar-refractivity contribution in [1.82, 2.24) is 0 Å². The lowest BCUT2D eigenvalue weighted by Crippen LogP contribution is -2.30. The van der Waals surface area contributed by atoms with Gasteiger partial charge in [-0.2, -0.15) is 0 Å². The number of allylic oxidation sites excluding steroid dienone is 16. The molecule has 0 amide bonds. The minimum atomic E-state index is -0.790. The normalized spacial score (nSPS) is 12.7. The van der Waals surface area contributed by atoms with Crippen LogP contribution in [0.5, 0.6) is 0 Å². The molecule has 0 saturated heterocycles. The summed E-state index contributed by atoms with van der Waals surface area (Å²) in [6.45, 7) is 6.53. The monoisotopic (exact) mass is 1130 g/mol. The van der Waals surface area contributed by atoms with Gasteiger partial charge in [0.25, 0.3) is 0 Å². The van der Waals surface area contributed by atoms with Crippen LogP contribution in [-0.4, -0.2) is 37.2 Å². The Hall–Kier alpha value is -3.67. The van der Waals surface area contributed by atoms with E-state index in [0.717, 1.165) is 109 Å². The number of unbranched alkanes of at least 4 members (excludes halogenated alkanes) is 36. The predicted octanol–water partition coefficient (Wildman–Crippen LogP) is 24.0. The first-order valence-electron chi connectivity index (χ1n) is 34.7. The average molecular weight is 1130 g/mol. The zero-order valence-electron chi connectivity index (χ0n) is 53.5. The summed E-state index contributed by atoms with van der Waals surface area (Å²) >= 11 is 0. The molecule has 466 valence electrons. The number of ether oxygens (including phenoxy) is 3. The fraction of sp³-hybridized carbons (Fsp3) is 0.747. The zero-order chi connectivity index (χ0) is 58.5. The van der Waals surface area contributed by atoms with Crippen molar-refractivity contribution >= 4 is 17.9 Å². The van der Waals surface area contributed by atoms with Crippen molar-refractivity contribution in [3.05, 3.63) is 97.2 Å². The SMILES string of the molecule is CC/C=C\C/C=C\C/C=C\C/C=C\CCCCCCCCC(=O)OC(COC(=O)CCCCCCCCC/C=C\CCCCCCCC)COC(=O)CCCCCCCCCCCCCC/C=C\C/C=C\C/C=C\CCCCCCC. The van der Waals surface area contributed by atoms with Crippen molar-refractivity contribution in [3.8, 4) is 0 Å². The van der Waals surface area contributed by atoms with E-state index in [2.05, 4.69) is 118 Å². The Kier molecular flexibility index (Phi) is 65.7. The molecule has 0 aromatic rings. The Bertz CT molecular complexity index is 1580. The van der Waals surface area contributed by atoms with Crippen molar-refractivity contribution in [3.63, 3.8) is 0 Å². The Morgan fingerprint density at radius 1 is 0.259 bits per heavy atom. The molecule has 0 fully saturated rings. The Morgan fingerprint density at radius 3 is 0.765 bits per heavy atom. The molecule has 0 aliphatic heterocycles. The summed E-state index contributed by atoms with van der Waals surface area (Å²) in [4.78, 5) is 38.5. The first-order chi connectivity index (χ1) is 40.0. The molecule has 0 heterocycles. The molecule has 1 unspecified atom stereocenters.